The first-order valence-corrected chi connectivity index (χ1v) is 24.7. The molecule has 0 atom stereocenters. The van der Waals surface area contributed by atoms with E-state index in [0.29, 0.717) is 0 Å². The van der Waals surface area contributed by atoms with Gasteiger partial charge in [0.15, 0.2) is 0 Å². The molecule has 0 fully saturated rings. The second kappa shape index (κ2) is 13.0. The van der Waals surface area contributed by atoms with Crippen LogP contribution >= 0.6 is 11.3 Å². The molecule has 2 aliphatic carbocycles. The zero-order valence-electron chi connectivity index (χ0n) is 37.3. The molecule has 66 heavy (non-hydrogen) atoms. The minimum absolute atomic E-state index is 0.104. The smallest absolute Gasteiger partial charge is 0.333 e. The van der Waals surface area contributed by atoms with Crippen molar-refractivity contribution < 1.29 is 0 Å². The lowest BCUT2D eigenvalue weighted by Gasteiger charge is -2.52. The molecule has 1 aromatic heterocycles. The number of rotatable bonds is 4. The molecule has 0 amide bonds. The molecule has 5 aliphatic rings. The topological polar surface area (TPSA) is 6.48 Å². The van der Waals surface area contributed by atoms with Gasteiger partial charge in [-0.05, 0) is 127 Å². The van der Waals surface area contributed by atoms with Crippen molar-refractivity contribution in [3.8, 4) is 33.4 Å². The Bertz CT molecular complexity index is 3720. The van der Waals surface area contributed by atoms with Crippen LogP contribution in [0.25, 0.3) is 53.6 Å². The summed E-state index contributed by atoms with van der Waals surface area (Å²) >= 11 is 1.92. The van der Waals surface area contributed by atoms with E-state index in [1.165, 1.54) is 145 Å². The third-order valence-electron chi connectivity index (χ3n) is 16.2. The van der Waals surface area contributed by atoms with Gasteiger partial charge in [0.25, 0.3) is 0 Å². The van der Waals surface area contributed by atoms with Gasteiger partial charge in [0, 0.05) is 53.8 Å². The van der Waals surface area contributed by atoms with Crippen LogP contribution < -0.4 is 20.6 Å². The summed E-state index contributed by atoms with van der Waals surface area (Å²) in [6.07, 6.45) is 3.48. The monoisotopic (exact) mass is 860 g/mol. The highest BCUT2D eigenvalue weighted by Crippen LogP contribution is 2.66. The highest BCUT2D eigenvalue weighted by molar-refractivity contribution is 7.25. The summed E-state index contributed by atoms with van der Waals surface area (Å²) in [6, 6.07) is 70.8. The summed E-state index contributed by atoms with van der Waals surface area (Å²) in [7, 11) is 0. The second-order valence-corrected chi connectivity index (χ2v) is 20.8. The van der Waals surface area contributed by atoms with Crippen LogP contribution in [0.1, 0.15) is 72.6 Å². The number of aryl methyl sites for hydroxylation is 1. The van der Waals surface area contributed by atoms with Gasteiger partial charge in [-0.2, -0.15) is 0 Å². The number of nitrogens with zero attached hydrogens (tertiary/aromatic N) is 2. The van der Waals surface area contributed by atoms with Crippen molar-refractivity contribution in [2.24, 2.45) is 0 Å². The SMILES string of the molecule is CCCCc1ccc(N2B3c4cccc5c4N(c4ccccc4C54c5ccccc5-c5ccccc54)c4c3c(cc3c4-c4ccccc4C3(C)C)-c3cc4sc5ccccc5c4cc32)cc1. The van der Waals surface area contributed by atoms with E-state index in [9.17, 15) is 0 Å². The van der Waals surface area contributed by atoms with Gasteiger partial charge in [-0.15, -0.1) is 11.3 Å². The fourth-order valence-electron chi connectivity index (χ4n) is 13.4. The summed E-state index contributed by atoms with van der Waals surface area (Å²) in [4.78, 5) is 5.49. The van der Waals surface area contributed by atoms with E-state index in [1.807, 2.05) is 11.3 Å². The maximum Gasteiger partial charge on any atom is 0.333 e. The number of hydrogen-bond donors (Lipinski definition) is 0. The lowest BCUT2D eigenvalue weighted by molar-refractivity contribution is 0.660. The van der Waals surface area contributed by atoms with Crippen LogP contribution in [-0.4, -0.2) is 6.85 Å². The van der Waals surface area contributed by atoms with Crippen molar-refractivity contribution >= 4 is 77.7 Å². The largest absolute Gasteiger partial charge is 0.376 e. The van der Waals surface area contributed by atoms with Gasteiger partial charge < -0.3 is 9.71 Å². The van der Waals surface area contributed by atoms with Crippen molar-refractivity contribution in [3.63, 3.8) is 0 Å². The molecule has 0 unspecified atom stereocenters. The van der Waals surface area contributed by atoms with Gasteiger partial charge in [-0.3, -0.25) is 0 Å². The lowest BCUT2D eigenvalue weighted by atomic mass is 9.42. The van der Waals surface area contributed by atoms with Gasteiger partial charge in [0.1, 0.15) is 0 Å². The summed E-state index contributed by atoms with van der Waals surface area (Å²) < 4.78 is 2.67. The van der Waals surface area contributed by atoms with Crippen LogP contribution in [-0.2, 0) is 17.3 Å². The van der Waals surface area contributed by atoms with Crippen LogP contribution in [0.3, 0.4) is 0 Å². The number of benzene rings is 9. The van der Waals surface area contributed by atoms with Crippen molar-refractivity contribution in [1.29, 1.82) is 0 Å². The fourth-order valence-corrected chi connectivity index (χ4v) is 14.6. The molecule has 3 aliphatic heterocycles. The molecule has 312 valence electrons. The maximum atomic E-state index is 2.75. The van der Waals surface area contributed by atoms with E-state index >= 15 is 0 Å². The number of anilines is 5. The summed E-state index contributed by atoms with van der Waals surface area (Å²) in [5.41, 5.74) is 26.1. The molecular formula is C62H45BN2S. The summed E-state index contributed by atoms with van der Waals surface area (Å²) in [5, 5.41) is 2.66. The molecule has 9 aromatic carbocycles. The minimum atomic E-state index is -0.513. The van der Waals surface area contributed by atoms with Gasteiger partial charge in [-0.25, -0.2) is 0 Å². The van der Waals surface area contributed by atoms with Crippen LogP contribution in [0.2, 0.25) is 0 Å². The molecule has 15 rings (SSSR count). The molecule has 0 bridgehead atoms. The molecule has 0 N–H and O–H groups in total. The van der Waals surface area contributed by atoms with Crippen LogP contribution in [0.15, 0.2) is 182 Å². The molecule has 10 aromatic rings. The summed E-state index contributed by atoms with van der Waals surface area (Å²) in [6.45, 7) is 7.09. The third kappa shape index (κ3) is 4.44. The van der Waals surface area contributed by atoms with E-state index in [-0.39, 0.29) is 12.3 Å². The van der Waals surface area contributed by atoms with Crippen molar-refractivity contribution in [2.75, 3.05) is 9.71 Å². The standard InChI is InChI=1S/C62H45BN2S/c1-4-5-17-37-30-32-38(33-31-37)65-54-35-44-41-20-9-15-29-55(41)66-56(44)36-43(54)45-34-51-57(42-21-8-10-22-46(42)61(51,2)3)60-58(45)63(65)52-27-16-26-50-59(52)64(60)53-28-14-13-25-49(53)62(50)47-23-11-6-18-39(47)40-19-7-12-24-48(40)62/h6-16,18-36H,4-5,17H2,1-3H3. The van der Waals surface area contributed by atoms with E-state index in [0.717, 1.165) is 6.42 Å². The molecule has 2 nitrogen and oxygen atoms in total. The second-order valence-electron chi connectivity index (χ2n) is 19.7. The molecule has 0 saturated carbocycles. The Morgan fingerprint density at radius 3 is 1.94 bits per heavy atom. The molecule has 4 heteroatoms. The molecule has 1 spiro atoms. The Hall–Kier alpha value is -7.14. The Morgan fingerprint density at radius 2 is 1.17 bits per heavy atom. The predicted octanol–water partition coefficient (Wildman–Crippen LogP) is 15.1. The average molecular weight is 861 g/mol. The highest BCUT2D eigenvalue weighted by atomic mass is 32.1. The Morgan fingerprint density at radius 1 is 0.500 bits per heavy atom. The zero-order chi connectivity index (χ0) is 43.6. The normalized spacial score (nSPS) is 15.5. The number of thiophene rings is 1. The molecule has 4 heterocycles. The van der Waals surface area contributed by atoms with E-state index < -0.39 is 5.41 Å². The number of hydrogen-bond acceptors (Lipinski definition) is 3. The zero-order valence-corrected chi connectivity index (χ0v) is 38.1. The first-order valence-electron chi connectivity index (χ1n) is 23.9. The van der Waals surface area contributed by atoms with Gasteiger partial charge >= 0.3 is 6.85 Å². The van der Waals surface area contributed by atoms with E-state index in [2.05, 4.69) is 212 Å². The first-order chi connectivity index (χ1) is 32.5. The molecular weight excluding hydrogens is 816 g/mol. The van der Waals surface area contributed by atoms with Crippen molar-refractivity contribution in [2.45, 2.75) is 50.9 Å². The van der Waals surface area contributed by atoms with Gasteiger partial charge in [0.2, 0.25) is 0 Å². The minimum Gasteiger partial charge on any atom is -0.376 e. The Kier molecular flexibility index (Phi) is 7.33. The number of para-hydroxylation sites is 2. The lowest BCUT2D eigenvalue weighted by Crippen LogP contribution is -2.63. The summed E-state index contributed by atoms with van der Waals surface area (Å²) in [5.74, 6) is 0. The highest BCUT2D eigenvalue weighted by Gasteiger charge is 2.57. The molecule has 0 saturated heterocycles. The predicted molar refractivity (Wildman–Crippen MR) is 280 cm³/mol. The van der Waals surface area contributed by atoms with Crippen molar-refractivity contribution in [3.05, 3.63) is 221 Å². The quantitative estimate of drug-likeness (QED) is 0.163. The van der Waals surface area contributed by atoms with Gasteiger partial charge in [0.05, 0.1) is 16.8 Å². The number of fused-ring (bicyclic) bond motifs is 20. The van der Waals surface area contributed by atoms with Gasteiger partial charge in [-0.1, -0.05) is 167 Å². The van der Waals surface area contributed by atoms with Crippen LogP contribution in [0, 0.1) is 0 Å². The first kappa shape index (κ1) is 37.1. The maximum absolute atomic E-state index is 2.75. The van der Waals surface area contributed by atoms with Crippen molar-refractivity contribution in [1.82, 2.24) is 0 Å². The Labute approximate surface area is 390 Å². The fraction of sp³-hybridized carbons (Fsp3) is 0.129. The van der Waals surface area contributed by atoms with Crippen LogP contribution in [0.4, 0.5) is 28.4 Å². The third-order valence-corrected chi connectivity index (χ3v) is 17.3. The number of unbranched alkanes of at least 4 members (excludes halogenated alkanes) is 1. The average Bonchev–Trinajstić information content (AvgIpc) is 3.96. The van der Waals surface area contributed by atoms with E-state index in [1.54, 1.807) is 0 Å². The molecule has 0 radical (unpaired) electrons. The van der Waals surface area contributed by atoms with E-state index in [4.69, 9.17) is 0 Å². The Balaban J connectivity index is 1.13. The van der Waals surface area contributed by atoms with Crippen LogP contribution in [0.5, 0.6) is 0 Å².